The summed E-state index contributed by atoms with van der Waals surface area (Å²) in [5.41, 5.74) is 3.89. The number of rotatable bonds is 6. The summed E-state index contributed by atoms with van der Waals surface area (Å²) >= 11 is 0. The lowest BCUT2D eigenvalue weighted by atomic mass is 10.0. The van der Waals surface area contributed by atoms with Crippen molar-refractivity contribution in [2.75, 3.05) is 24.5 Å². The molecule has 0 fully saturated rings. The lowest BCUT2D eigenvalue weighted by Gasteiger charge is -2.19. The van der Waals surface area contributed by atoms with Crippen LogP contribution in [0.2, 0.25) is 0 Å². The smallest absolute Gasteiger partial charge is 0.224 e. The van der Waals surface area contributed by atoms with E-state index < -0.39 is 0 Å². The Morgan fingerprint density at radius 3 is 2.73 bits per heavy atom. The number of nitrogens with zero attached hydrogens (tertiary/aromatic N) is 1. The number of hydrogen-bond acceptors (Lipinski definition) is 2. The van der Waals surface area contributed by atoms with Crippen LogP contribution in [0.4, 0.5) is 5.69 Å². The van der Waals surface area contributed by atoms with Crippen molar-refractivity contribution in [3.8, 4) is 0 Å². The monoisotopic (exact) mass is 344 g/mol. The van der Waals surface area contributed by atoms with Crippen molar-refractivity contribution in [2.24, 2.45) is 0 Å². The first-order chi connectivity index (χ1) is 12.8. The molecule has 0 saturated carbocycles. The van der Waals surface area contributed by atoms with Crippen LogP contribution in [0.5, 0.6) is 0 Å². The fourth-order valence-corrected chi connectivity index (χ4v) is 3.82. The summed E-state index contributed by atoms with van der Waals surface area (Å²) in [7, 11) is 0. The molecule has 0 atom stereocenters. The van der Waals surface area contributed by atoms with Gasteiger partial charge in [-0.25, -0.2) is 0 Å². The second-order valence-electron chi connectivity index (χ2n) is 6.88. The zero-order valence-electron chi connectivity index (χ0n) is 14.9. The third-order valence-electron chi connectivity index (χ3n) is 5.14. The molecule has 3 aromatic rings. The van der Waals surface area contributed by atoms with Crippen LogP contribution >= 0.6 is 0 Å². The van der Waals surface area contributed by atoms with Crippen molar-refractivity contribution >= 4 is 22.4 Å². The van der Waals surface area contributed by atoms with Crippen molar-refractivity contribution < 1.29 is 4.79 Å². The average molecular weight is 344 g/mol. The molecule has 1 N–H and O–H groups in total. The number of hydrogen-bond donors (Lipinski definition) is 1. The molecule has 1 aliphatic rings. The highest BCUT2D eigenvalue weighted by atomic mass is 16.1. The number of benzene rings is 3. The SMILES string of the molecule is O=C(Cc1cccc2ccccc12)NCCCN1CCc2ccccc21. The lowest BCUT2D eigenvalue weighted by molar-refractivity contribution is -0.120. The minimum Gasteiger partial charge on any atom is -0.371 e. The number of amides is 1. The number of anilines is 1. The predicted octanol–water partition coefficient (Wildman–Crippen LogP) is 3.95. The molecule has 0 aromatic heterocycles. The standard InChI is InChI=1S/C23H24N2O/c26-23(17-20-10-5-9-18-7-1-3-11-21(18)20)24-14-6-15-25-16-13-19-8-2-4-12-22(19)25/h1-5,7-12H,6,13-17H2,(H,24,26). The van der Waals surface area contributed by atoms with Crippen LogP contribution < -0.4 is 10.2 Å². The Bertz CT molecular complexity index is 913. The van der Waals surface area contributed by atoms with E-state index in [1.807, 2.05) is 24.3 Å². The van der Waals surface area contributed by atoms with E-state index in [0.717, 1.165) is 38.0 Å². The van der Waals surface area contributed by atoms with Gasteiger partial charge in [0.25, 0.3) is 0 Å². The van der Waals surface area contributed by atoms with Crippen molar-refractivity contribution in [1.82, 2.24) is 5.32 Å². The van der Waals surface area contributed by atoms with Gasteiger partial charge in [-0.15, -0.1) is 0 Å². The molecule has 0 aliphatic carbocycles. The highest BCUT2D eigenvalue weighted by Crippen LogP contribution is 2.27. The number of para-hydroxylation sites is 1. The Kier molecular flexibility index (Phi) is 4.87. The first kappa shape index (κ1) is 16.6. The molecule has 4 rings (SSSR count). The van der Waals surface area contributed by atoms with Gasteiger partial charge in [0, 0.05) is 25.3 Å². The Hall–Kier alpha value is -2.81. The zero-order valence-corrected chi connectivity index (χ0v) is 14.9. The van der Waals surface area contributed by atoms with Crippen molar-refractivity contribution in [2.45, 2.75) is 19.3 Å². The number of nitrogens with one attached hydrogen (secondary N) is 1. The molecule has 1 aliphatic heterocycles. The van der Waals surface area contributed by atoms with E-state index in [0.29, 0.717) is 6.42 Å². The highest BCUT2D eigenvalue weighted by molar-refractivity contribution is 5.90. The second-order valence-corrected chi connectivity index (χ2v) is 6.88. The molecule has 26 heavy (non-hydrogen) atoms. The first-order valence-electron chi connectivity index (χ1n) is 9.37. The Morgan fingerprint density at radius 1 is 0.962 bits per heavy atom. The molecule has 0 radical (unpaired) electrons. The van der Waals surface area contributed by atoms with Gasteiger partial charge >= 0.3 is 0 Å². The third-order valence-corrected chi connectivity index (χ3v) is 5.14. The Labute approximate surface area is 154 Å². The van der Waals surface area contributed by atoms with E-state index in [1.54, 1.807) is 0 Å². The van der Waals surface area contributed by atoms with Gasteiger partial charge in [0.05, 0.1) is 6.42 Å². The number of fused-ring (bicyclic) bond motifs is 2. The van der Waals surface area contributed by atoms with Gasteiger partial charge in [0.15, 0.2) is 0 Å². The third kappa shape index (κ3) is 3.57. The second kappa shape index (κ2) is 7.61. The highest BCUT2D eigenvalue weighted by Gasteiger charge is 2.17. The van der Waals surface area contributed by atoms with Gasteiger partial charge < -0.3 is 10.2 Å². The van der Waals surface area contributed by atoms with Crippen LogP contribution in [0, 0.1) is 0 Å². The average Bonchev–Trinajstić information content (AvgIpc) is 3.09. The summed E-state index contributed by atoms with van der Waals surface area (Å²) < 4.78 is 0. The summed E-state index contributed by atoms with van der Waals surface area (Å²) in [5.74, 6) is 0.100. The largest absolute Gasteiger partial charge is 0.371 e. The summed E-state index contributed by atoms with van der Waals surface area (Å²) in [6, 6.07) is 23.0. The molecular weight excluding hydrogens is 320 g/mol. The predicted molar refractivity (Wildman–Crippen MR) is 108 cm³/mol. The maximum atomic E-state index is 12.3. The molecule has 3 aromatic carbocycles. The minimum absolute atomic E-state index is 0.100. The van der Waals surface area contributed by atoms with Gasteiger partial charge in [-0.2, -0.15) is 0 Å². The summed E-state index contributed by atoms with van der Waals surface area (Å²) in [6.45, 7) is 2.80. The van der Waals surface area contributed by atoms with E-state index in [1.165, 1.54) is 22.0 Å². The van der Waals surface area contributed by atoms with Gasteiger partial charge in [-0.1, -0.05) is 60.7 Å². The molecule has 0 unspecified atom stereocenters. The first-order valence-corrected chi connectivity index (χ1v) is 9.37. The Morgan fingerprint density at radius 2 is 1.77 bits per heavy atom. The van der Waals surface area contributed by atoms with Crippen LogP contribution in [0.25, 0.3) is 10.8 Å². The van der Waals surface area contributed by atoms with Crippen molar-refractivity contribution in [3.63, 3.8) is 0 Å². The molecule has 3 nitrogen and oxygen atoms in total. The fraction of sp³-hybridized carbons (Fsp3) is 0.261. The maximum Gasteiger partial charge on any atom is 0.224 e. The van der Waals surface area contributed by atoms with E-state index in [9.17, 15) is 4.79 Å². The quantitative estimate of drug-likeness (QED) is 0.687. The molecule has 0 spiro atoms. The molecular formula is C23H24N2O. The van der Waals surface area contributed by atoms with E-state index in [-0.39, 0.29) is 5.91 Å². The van der Waals surface area contributed by atoms with E-state index in [4.69, 9.17) is 0 Å². The summed E-state index contributed by atoms with van der Waals surface area (Å²) in [4.78, 5) is 14.7. The number of carbonyl (C=O) groups is 1. The van der Waals surface area contributed by atoms with Crippen LogP contribution in [0.15, 0.2) is 66.7 Å². The van der Waals surface area contributed by atoms with Crippen LogP contribution in [-0.4, -0.2) is 25.5 Å². The lowest BCUT2D eigenvalue weighted by Crippen LogP contribution is -2.30. The minimum atomic E-state index is 0.100. The van der Waals surface area contributed by atoms with E-state index >= 15 is 0 Å². The van der Waals surface area contributed by atoms with Crippen molar-refractivity contribution in [1.29, 1.82) is 0 Å². The maximum absolute atomic E-state index is 12.3. The molecule has 3 heteroatoms. The van der Waals surface area contributed by atoms with Crippen LogP contribution in [0.3, 0.4) is 0 Å². The normalized spacial score (nSPS) is 13.0. The molecule has 1 heterocycles. The van der Waals surface area contributed by atoms with Gasteiger partial charge in [0.1, 0.15) is 0 Å². The summed E-state index contributed by atoms with van der Waals surface area (Å²) in [6.07, 6.45) is 2.53. The van der Waals surface area contributed by atoms with Gasteiger partial charge in [-0.3, -0.25) is 4.79 Å². The van der Waals surface area contributed by atoms with Gasteiger partial charge in [0.2, 0.25) is 5.91 Å². The molecule has 0 saturated heterocycles. The fourth-order valence-electron chi connectivity index (χ4n) is 3.82. The number of carbonyl (C=O) groups excluding carboxylic acids is 1. The molecule has 1 amide bonds. The molecule has 0 bridgehead atoms. The van der Waals surface area contributed by atoms with Crippen LogP contribution in [-0.2, 0) is 17.6 Å². The summed E-state index contributed by atoms with van der Waals surface area (Å²) in [5, 5.41) is 5.43. The van der Waals surface area contributed by atoms with E-state index in [2.05, 4.69) is 52.7 Å². The molecule has 132 valence electrons. The topological polar surface area (TPSA) is 32.3 Å². The van der Waals surface area contributed by atoms with Gasteiger partial charge in [-0.05, 0) is 40.8 Å². The van der Waals surface area contributed by atoms with Crippen molar-refractivity contribution in [3.05, 3.63) is 77.9 Å². The zero-order chi connectivity index (χ0) is 17.8. The Balaban J connectivity index is 1.27. The van der Waals surface area contributed by atoms with Crippen LogP contribution in [0.1, 0.15) is 17.5 Å².